The van der Waals surface area contributed by atoms with Crippen LogP contribution in [-0.2, 0) is 4.79 Å². The first kappa shape index (κ1) is 12.3. The molecular weight excluding hydrogens is 234 g/mol. The predicted octanol–water partition coefficient (Wildman–Crippen LogP) is 2.31. The van der Waals surface area contributed by atoms with Gasteiger partial charge in [0.15, 0.2) is 0 Å². The maximum absolute atomic E-state index is 11.0. The molecule has 0 amide bonds. The zero-order chi connectivity index (χ0) is 12.4. The van der Waals surface area contributed by atoms with Crippen molar-refractivity contribution in [3.05, 3.63) is 29.3 Å². The lowest BCUT2D eigenvalue weighted by Crippen LogP contribution is -2.41. The molecule has 0 bridgehead atoms. The fraction of sp³-hybridized carbons (Fsp3) is 0.462. The Hall–Kier alpha value is -1.16. The van der Waals surface area contributed by atoms with Crippen molar-refractivity contribution in [1.29, 1.82) is 0 Å². The van der Waals surface area contributed by atoms with Gasteiger partial charge in [-0.15, -0.1) is 11.8 Å². The van der Waals surface area contributed by atoms with E-state index in [-0.39, 0.29) is 5.25 Å². The molecule has 1 unspecified atom stereocenters. The summed E-state index contributed by atoms with van der Waals surface area (Å²) in [6.45, 7) is 5.72. The van der Waals surface area contributed by atoms with Crippen molar-refractivity contribution in [2.75, 3.05) is 23.7 Å². The predicted molar refractivity (Wildman–Crippen MR) is 72.0 cm³/mol. The second kappa shape index (κ2) is 5.00. The van der Waals surface area contributed by atoms with Gasteiger partial charge in [0.1, 0.15) is 5.25 Å². The van der Waals surface area contributed by atoms with Crippen LogP contribution in [-0.4, -0.2) is 35.2 Å². The van der Waals surface area contributed by atoms with Gasteiger partial charge < -0.3 is 10.0 Å². The lowest BCUT2D eigenvalue weighted by molar-refractivity contribution is -0.136. The molecule has 3 nitrogen and oxygen atoms in total. The molecule has 0 aliphatic carbocycles. The summed E-state index contributed by atoms with van der Waals surface area (Å²) in [7, 11) is 0. The number of hydrogen-bond donors (Lipinski definition) is 1. The van der Waals surface area contributed by atoms with E-state index in [1.807, 2.05) is 6.07 Å². The molecule has 92 valence electrons. The molecule has 1 atom stereocenters. The highest BCUT2D eigenvalue weighted by Gasteiger charge is 2.26. The quantitative estimate of drug-likeness (QED) is 0.875. The van der Waals surface area contributed by atoms with Gasteiger partial charge in [0, 0.05) is 24.5 Å². The van der Waals surface area contributed by atoms with E-state index in [9.17, 15) is 4.79 Å². The third kappa shape index (κ3) is 2.57. The number of benzene rings is 1. The van der Waals surface area contributed by atoms with E-state index in [2.05, 4.69) is 30.9 Å². The van der Waals surface area contributed by atoms with Gasteiger partial charge in [-0.3, -0.25) is 4.79 Å². The summed E-state index contributed by atoms with van der Waals surface area (Å²) >= 11 is 1.54. The van der Waals surface area contributed by atoms with Crippen molar-refractivity contribution in [2.24, 2.45) is 0 Å². The Morgan fingerprint density at radius 3 is 2.94 bits per heavy atom. The second-order valence-electron chi connectivity index (χ2n) is 4.36. The number of nitrogens with zero attached hydrogens (tertiary/aromatic N) is 1. The Bertz CT molecular complexity index is 433. The van der Waals surface area contributed by atoms with Gasteiger partial charge in [0.25, 0.3) is 0 Å². The number of aliphatic carboxylic acids is 1. The molecule has 1 aliphatic rings. The van der Waals surface area contributed by atoms with Crippen LogP contribution in [0.3, 0.4) is 0 Å². The number of carbonyl (C=O) groups is 1. The fourth-order valence-corrected chi connectivity index (χ4v) is 3.13. The van der Waals surface area contributed by atoms with Gasteiger partial charge in [0.05, 0.1) is 0 Å². The zero-order valence-electron chi connectivity index (χ0n) is 10.1. The SMILES string of the molecule is Cc1cccc(N2CCSC(C(=O)O)C2)c1C. The lowest BCUT2D eigenvalue weighted by Gasteiger charge is -2.33. The molecule has 0 saturated carbocycles. The Morgan fingerprint density at radius 2 is 2.24 bits per heavy atom. The van der Waals surface area contributed by atoms with Crippen LogP contribution in [0.1, 0.15) is 11.1 Å². The van der Waals surface area contributed by atoms with Gasteiger partial charge in [-0.25, -0.2) is 0 Å². The largest absolute Gasteiger partial charge is 0.480 e. The first-order valence-electron chi connectivity index (χ1n) is 5.75. The molecule has 17 heavy (non-hydrogen) atoms. The summed E-state index contributed by atoms with van der Waals surface area (Å²) in [6.07, 6.45) is 0. The molecule has 0 radical (unpaired) electrons. The topological polar surface area (TPSA) is 40.5 Å². The zero-order valence-corrected chi connectivity index (χ0v) is 11.0. The molecule has 1 aromatic rings. The molecule has 1 aromatic carbocycles. The number of aryl methyl sites for hydroxylation is 1. The van der Waals surface area contributed by atoms with Crippen molar-refractivity contribution >= 4 is 23.4 Å². The summed E-state index contributed by atoms with van der Waals surface area (Å²) in [6, 6.07) is 6.21. The molecule has 0 spiro atoms. The van der Waals surface area contributed by atoms with Crippen molar-refractivity contribution in [3.63, 3.8) is 0 Å². The number of anilines is 1. The minimum absolute atomic E-state index is 0.302. The van der Waals surface area contributed by atoms with Crippen LogP contribution in [0.25, 0.3) is 0 Å². The van der Waals surface area contributed by atoms with Gasteiger partial charge in [-0.1, -0.05) is 12.1 Å². The highest BCUT2D eigenvalue weighted by Crippen LogP contribution is 2.28. The monoisotopic (exact) mass is 251 g/mol. The van der Waals surface area contributed by atoms with Gasteiger partial charge in [-0.05, 0) is 31.0 Å². The minimum Gasteiger partial charge on any atom is -0.480 e. The first-order chi connectivity index (χ1) is 8.09. The van der Waals surface area contributed by atoms with E-state index in [4.69, 9.17) is 5.11 Å². The van der Waals surface area contributed by atoms with Crippen LogP contribution in [0.5, 0.6) is 0 Å². The lowest BCUT2D eigenvalue weighted by atomic mass is 10.1. The number of thioether (sulfide) groups is 1. The Labute approximate surface area is 106 Å². The maximum Gasteiger partial charge on any atom is 0.318 e. The summed E-state index contributed by atoms with van der Waals surface area (Å²) in [5.41, 5.74) is 3.69. The van der Waals surface area contributed by atoms with E-state index in [0.29, 0.717) is 6.54 Å². The van der Waals surface area contributed by atoms with Crippen LogP contribution >= 0.6 is 11.8 Å². The summed E-state index contributed by atoms with van der Waals surface area (Å²) in [5.74, 6) is 0.176. The number of carboxylic acid groups (broad SMARTS) is 1. The average Bonchev–Trinajstić information content (AvgIpc) is 2.33. The normalized spacial score (nSPS) is 20.4. The molecule has 1 saturated heterocycles. The van der Waals surface area contributed by atoms with E-state index in [0.717, 1.165) is 12.3 Å². The van der Waals surface area contributed by atoms with E-state index >= 15 is 0 Å². The standard InChI is InChI=1S/C13H17NO2S/c1-9-4-3-5-11(10(9)2)14-6-7-17-12(8-14)13(15)16/h3-5,12H,6-8H2,1-2H3,(H,15,16). The Kier molecular flexibility index (Phi) is 3.62. The highest BCUT2D eigenvalue weighted by atomic mass is 32.2. The smallest absolute Gasteiger partial charge is 0.318 e. The van der Waals surface area contributed by atoms with Crippen molar-refractivity contribution < 1.29 is 9.90 Å². The molecule has 1 N–H and O–H groups in total. The van der Waals surface area contributed by atoms with Crippen LogP contribution in [0.4, 0.5) is 5.69 Å². The first-order valence-corrected chi connectivity index (χ1v) is 6.80. The second-order valence-corrected chi connectivity index (χ2v) is 5.67. The van der Waals surface area contributed by atoms with Crippen molar-refractivity contribution in [3.8, 4) is 0 Å². The molecule has 0 aromatic heterocycles. The van der Waals surface area contributed by atoms with E-state index < -0.39 is 5.97 Å². The summed E-state index contributed by atoms with van der Waals surface area (Å²) in [5, 5.41) is 8.78. The van der Waals surface area contributed by atoms with E-state index in [1.54, 1.807) is 0 Å². The van der Waals surface area contributed by atoms with Crippen molar-refractivity contribution in [2.45, 2.75) is 19.1 Å². The van der Waals surface area contributed by atoms with Crippen LogP contribution in [0, 0.1) is 13.8 Å². The summed E-state index contributed by atoms with van der Waals surface area (Å²) in [4.78, 5) is 13.2. The van der Waals surface area contributed by atoms with Gasteiger partial charge in [0.2, 0.25) is 0 Å². The number of hydrogen-bond acceptors (Lipinski definition) is 3. The van der Waals surface area contributed by atoms with Gasteiger partial charge in [-0.2, -0.15) is 0 Å². The third-order valence-corrected chi connectivity index (χ3v) is 4.43. The fourth-order valence-electron chi connectivity index (χ4n) is 2.10. The molecule has 1 heterocycles. The maximum atomic E-state index is 11.0. The Balaban J connectivity index is 2.22. The van der Waals surface area contributed by atoms with E-state index in [1.165, 1.54) is 28.6 Å². The highest BCUT2D eigenvalue weighted by molar-refractivity contribution is 8.00. The molecule has 4 heteroatoms. The minimum atomic E-state index is -0.704. The Morgan fingerprint density at radius 1 is 1.47 bits per heavy atom. The summed E-state index contributed by atoms with van der Waals surface area (Å²) < 4.78 is 0. The van der Waals surface area contributed by atoms with Crippen LogP contribution < -0.4 is 4.90 Å². The van der Waals surface area contributed by atoms with Crippen LogP contribution in [0.2, 0.25) is 0 Å². The van der Waals surface area contributed by atoms with Crippen LogP contribution in [0.15, 0.2) is 18.2 Å². The molecular formula is C13H17NO2S. The third-order valence-electron chi connectivity index (χ3n) is 3.26. The number of carboxylic acids is 1. The molecule has 1 fully saturated rings. The molecule has 1 aliphatic heterocycles. The number of rotatable bonds is 2. The van der Waals surface area contributed by atoms with Crippen molar-refractivity contribution in [1.82, 2.24) is 0 Å². The molecule has 2 rings (SSSR count). The average molecular weight is 251 g/mol. The van der Waals surface area contributed by atoms with Gasteiger partial charge >= 0.3 is 5.97 Å².